The van der Waals surface area contributed by atoms with Gasteiger partial charge in [-0.05, 0) is 57.1 Å². The molecular formula is C15H21NS. The summed E-state index contributed by atoms with van der Waals surface area (Å²) in [7, 11) is 0. The van der Waals surface area contributed by atoms with E-state index in [2.05, 4.69) is 30.5 Å². The van der Waals surface area contributed by atoms with E-state index < -0.39 is 0 Å². The Labute approximate surface area is 108 Å². The summed E-state index contributed by atoms with van der Waals surface area (Å²) in [5, 5.41) is 3.75. The summed E-state index contributed by atoms with van der Waals surface area (Å²) >= 11 is 2.04. The van der Waals surface area contributed by atoms with Gasteiger partial charge < -0.3 is 5.32 Å². The lowest BCUT2D eigenvalue weighted by atomic mass is 9.99. The third-order valence-corrected chi connectivity index (χ3v) is 5.36. The molecule has 1 atom stereocenters. The molecule has 0 saturated carbocycles. The normalized spacial score (nSPS) is 21.7. The van der Waals surface area contributed by atoms with Gasteiger partial charge in [-0.3, -0.25) is 0 Å². The first kappa shape index (κ1) is 11.5. The maximum atomic E-state index is 3.75. The third-order valence-electron chi connectivity index (χ3n) is 3.94. The molecule has 1 heterocycles. The van der Waals surface area contributed by atoms with Crippen molar-refractivity contribution in [3.63, 3.8) is 0 Å². The summed E-state index contributed by atoms with van der Waals surface area (Å²) in [4.78, 5) is 3.20. The van der Waals surface area contributed by atoms with Crippen molar-refractivity contribution in [2.45, 2.75) is 57.5 Å². The van der Waals surface area contributed by atoms with Gasteiger partial charge in [-0.2, -0.15) is 0 Å². The van der Waals surface area contributed by atoms with E-state index in [4.69, 9.17) is 0 Å². The van der Waals surface area contributed by atoms with Crippen molar-refractivity contribution < 1.29 is 0 Å². The average molecular weight is 247 g/mol. The Balaban J connectivity index is 1.68. The van der Waals surface area contributed by atoms with Crippen LogP contribution in [0.5, 0.6) is 0 Å². The second-order valence-electron chi connectivity index (χ2n) is 5.33. The monoisotopic (exact) mass is 247 g/mol. The Morgan fingerprint density at radius 1 is 1.24 bits per heavy atom. The number of rotatable bonds is 3. The van der Waals surface area contributed by atoms with Gasteiger partial charge in [0.2, 0.25) is 0 Å². The highest BCUT2D eigenvalue weighted by molar-refractivity contribution is 7.12. The largest absolute Gasteiger partial charge is 0.306 e. The van der Waals surface area contributed by atoms with Gasteiger partial charge in [-0.25, -0.2) is 0 Å². The predicted octanol–water partition coefficient (Wildman–Crippen LogP) is 4.00. The van der Waals surface area contributed by atoms with Crippen molar-refractivity contribution in [1.82, 2.24) is 5.32 Å². The molecule has 0 spiro atoms. The summed E-state index contributed by atoms with van der Waals surface area (Å²) in [6.07, 6.45) is 12.4. The van der Waals surface area contributed by atoms with E-state index >= 15 is 0 Å². The van der Waals surface area contributed by atoms with Gasteiger partial charge in [0.25, 0.3) is 0 Å². The number of nitrogens with one attached hydrogen (secondary N) is 1. The van der Waals surface area contributed by atoms with Crippen LogP contribution in [0.2, 0.25) is 0 Å². The predicted molar refractivity (Wildman–Crippen MR) is 74.7 cm³/mol. The van der Waals surface area contributed by atoms with Crippen molar-refractivity contribution in [2.75, 3.05) is 0 Å². The molecule has 1 aromatic heterocycles. The number of hydrogen-bond acceptors (Lipinski definition) is 2. The molecule has 0 aliphatic heterocycles. The molecule has 1 N–H and O–H groups in total. The second kappa shape index (κ2) is 4.95. The van der Waals surface area contributed by atoms with Crippen LogP contribution in [0.1, 0.15) is 54.0 Å². The molecule has 0 bridgehead atoms. The molecule has 0 radical (unpaired) electrons. The molecule has 1 unspecified atom stereocenters. The molecule has 2 aliphatic carbocycles. The first-order chi connectivity index (χ1) is 8.33. The minimum absolute atomic E-state index is 0.524. The number of thiophene rings is 1. The molecule has 0 amide bonds. The highest BCUT2D eigenvalue weighted by Gasteiger charge is 2.19. The molecule has 0 saturated heterocycles. The smallest absolute Gasteiger partial charge is 0.0388 e. The van der Waals surface area contributed by atoms with E-state index in [1.807, 2.05) is 11.3 Å². The molecular weight excluding hydrogens is 226 g/mol. The van der Waals surface area contributed by atoms with Gasteiger partial charge >= 0.3 is 0 Å². The minimum Gasteiger partial charge on any atom is -0.306 e. The molecule has 92 valence electrons. The fourth-order valence-electron chi connectivity index (χ4n) is 2.92. The van der Waals surface area contributed by atoms with Crippen molar-refractivity contribution in [1.29, 1.82) is 0 Å². The molecule has 0 aromatic carbocycles. The van der Waals surface area contributed by atoms with Crippen LogP contribution in [0.15, 0.2) is 18.2 Å². The van der Waals surface area contributed by atoms with Gasteiger partial charge in [0.1, 0.15) is 0 Å². The van der Waals surface area contributed by atoms with Gasteiger partial charge in [0.05, 0.1) is 0 Å². The SMILES string of the molecule is CC(NC1CC=CC1)c1cc2c(s1)CCCC2. The quantitative estimate of drug-likeness (QED) is 0.796. The van der Waals surface area contributed by atoms with Crippen LogP contribution in [0, 0.1) is 0 Å². The van der Waals surface area contributed by atoms with Crippen LogP contribution in [0.3, 0.4) is 0 Å². The van der Waals surface area contributed by atoms with E-state index in [1.165, 1.54) is 38.5 Å². The first-order valence-electron chi connectivity index (χ1n) is 6.85. The molecule has 3 rings (SSSR count). The fraction of sp³-hybridized carbons (Fsp3) is 0.600. The Morgan fingerprint density at radius 2 is 2.00 bits per heavy atom. The van der Waals surface area contributed by atoms with Crippen molar-refractivity contribution >= 4 is 11.3 Å². The maximum Gasteiger partial charge on any atom is 0.0388 e. The van der Waals surface area contributed by atoms with Gasteiger partial charge in [-0.1, -0.05) is 12.2 Å². The topological polar surface area (TPSA) is 12.0 Å². The molecule has 2 aliphatic rings. The van der Waals surface area contributed by atoms with Gasteiger partial charge in [0.15, 0.2) is 0 Å². The van der Waals surface area contributed by atoms with Crippen LogP contribution in [-0.4, -0.2) is 6.04 Å². The van der Waals surface area contributed by atoms with E-state index in [0.717, 1.165) is 0 Å². The highest BCUT2D eigenvalue weighted by atomic mass is 32.1. The van der Waals surface area contributed by atoms with E-state index in [0.29, 0.717) is 12.1 Å². The first-order valence-corrected chi connectivity index (χ1v) is 7.67. The summed E-state index contributed by atoms with van der Waals surface area (Å²) in [6.45, 7) is 2.32. The Bertz CT molecular complexity index is 387. The summed E-state index contributed by atoms with van der Waals surface area (Å²) < 4.78 is 0. The van der Waals surface area contributed by atoms with Crippen LogP contribution >= 0.6 is 11.3 Å². The van der Waals surface area contributed by atoms with Crippen molar-refractivity contribution in [3.8, 4) is 0 Å². The van der Waals surface area contributed by atoms with E-state index in [1.54, 1.807) is 15.3 Å². The van der Waals surface area contributed by atoms with Crippen molar-refractivity contribution in [3.05, 3.63) is 33.5 Å². The number of aryl methyl sites for hydroxylation is 2. The lowest BCUT2D eigenvalue weighted by molar-refractivity contribution is 0.476. The summed E-state index contributed by atoms with van der Waals surface area (Å²) in [5.41, 5.74) is 1.63. The highest BCUT2D eigenvalue weighted by Crippen LogP contribution is 2.33. The van der Waals surface area contributed by atoms with Crippen LogP contribution in [0.25, 0.3) is 0 Å². The number of fused-ring (bicyclic) bond motifs is 1. The summed E-state index contributed by atoms with van der Waals surface area (Å²) in [6, 6.07) is 3.65. The Morgan fingerprint density at radius 3 is 2.76 bits per heavy atom. The zero-order valence-electron chi connectivity index (χ0n) is 10.5. The van der Waals surface area contributed by atoms with Crippen LogP contribution in [-0.2, 0) is 12.8 Å². The van der Waals surface area contributed by atoms with Crippen molar-refractivity contribution in [2.24, 2.45) is 0 Å². The van der Waals surface area contributed by atoms with Crippen LogP contribution in [0.4, 0.5) is 0 Å². The third kappa shape index (κ3) is 2.48. The maximum absolute atomic E-state index is 3.75. The van der Waals surface area contributed by atoms with E-state index in [9.17, 15) is 0 Å². The Hall–Kier alpha value is -0.600. The zero-order valence-corrected chi connectivity index (χ0v) is 11.4. The molecule has 2 heteroatoms. The lowest BCUT2D eigenvalue weighted by Gasteiger charge is -2.17. The molecule has 1 nitrogen and oxygen atoms in total. The fourth-order valence-corrected chi connectivity index (χ4v) is 4.19. The van der Waals surface area contributed by atoms with E-state index in [-0.39, 0.29) is 0 Å². The minimum atomic E-state index is 0.524. The zero-order chi connectivity index (χ0) is 11.7. The second-order valence-corrected chi connectivity index (χ2v) is 6.50. The standard InChI is InChI=1S/C15H21NS/c1-11(16-13-7-3-4-8-13)15-10-12-6-2-5-9-14(12)17-15/h3-4,10-11,13,16H,2,5-9H2,1H3. The average Bonchev–Trinajstić information content (AvgIpc) is 2.96. The van der Waals surface area contributed by atoms with Gasteiger partial charge in [0, 0.05) is 21.8 Å². The summed E-state index contributed by atoms with van der Waals surface area (Å²) in [5.74, 6) is 0. The van der Waals surface area contributed by atoms with Gasteiger partial charge in [-0.15, -0.1) is 11.3 Å². The Kier molecular flexibility index (Phi) is 3.34. The molecule has 1 aromatic rings. The molecule has 0 fully saturated rings. The number of hydrogen-bond donors (Lipinski definition) is 1. The lowest BCUT2D eigenvalue weighted by Crippen LogP contribution is -2.28. The molecule has 17 heavy (non-hydrogen) atoms. The van der Waals surface area contributed by atoms with Crippen LogP contribution < -0.4 is 5.32 Å².